The van der Waals surface area contributed by atoms with Crippen LogP contribution in [0, 0.1) is 3.57 Å². The Bertz CT molecular complexity index is 715. The zero-order chi connectivity index (χ0) is 13.5. The minimum Gasteiger partial charge on any atom is -0.300 e. The third-order valence-electron chi connectivity index (χ3n) is 2.22. The van der Waals surface area contributed by atoms with Crippen LogP contribution in [-0.4, -0.2) is 23.2 Å². The summed E-state index contributed by atoms with van der Waals surface area (Å²) < 4.78 is 24.7. The first-order valence-electron chi connectivity index (χ1n) is 4.60. The van der Waals surface area contributed by atoms with E-state index < -0.39 is 9.05 Å². The van der Waals surface area contributed by atoms with Gasteiger partial charge in [-0.2, -0.15) is 0 Å². The normalized spacial score (nSPS) is 11.8. The van der Waals surface area contributed by atoms with E-state index in [0.717, 1.165) is 3.57 Å². The molecule has 1 heterocycles. The molecule has 96 valence electrons. The molecule has 2 rings (SSSR count). The molecule has 9 heteroatoms. The quantitative estimate of drug-likeness (QED) is 0.556. The summed E-state index contributed by atoms with van der Waals surface area (Å²) in [5, 5.41) is 7.66. The highest BCUT2D eigenvalue weighted by Gasteiger charge is 2.22. The van der Waals surface area contributed by atoms with Gasteiger partial charge >= 0.3 is 0 Å². The minimum absolute atomic E-state index is 0.296. The zero-order valence-corrected chi connectivity index (χ0v) is 13.4. The summed E-state index contributed by atoms with van der Waals surface area (Å²) in [6.07, 6.45) is 0. The summed E-state index contributed by atoms with van der Waals surface area (Å²) in [7, 11) is 2.87. The Morgan fingerprint density at radius 1 is 1.33 bits per heavy atom. The molecule has 1 aromatic heterocycles. The molecule has 0 aliphatic carbocycles. The van der Waals surface area contributed by atoms with Crippen molar-refractivity contribution < 1.29 is 8.42 Å². The predicted octanol–water partition coefficient (Wildman–Crippen LogP) is 2.67. The fourth-order valence-electron chi connectivity index (χ4n) is 1.43. The first-order chi connectivity index (χ1) is 8.30. The van der Waals surface area contributed by atoms with Crippen LogP contribution >= 0.6 is 44.9 Å². The van der Waals surface area contributed by atoms with Crippen LogP contribution in [0.15, 0.2) is 23.4 Å². The Morgan fingerprint density at radius 3 is 2.56 bits per heavy atom. The highest BCUT2D eigenvalue weighted by Crippen LogP contribution is 2.28. The number of hydrogen-bond acceptors (Lipinski definition) is 4. The molecule has 0 bridgehead atoms. The van der Waals surface area contributed by atoms with Gasteiger partial charge in [0.2, 0.25) is 0 Å². The third-order valence-corrected chi connectivity index (χ3v) is 4.60. The molecule has 0 saturated carbocycles. The second-order valence-corrected chi connectivity index (χ2v) is 7.49. The van der Waals surface area contributed by atoms with Gasteiger partial charge in [-0.25, -0.2) is 8.42 Å². The Morgan fingerprint density at radius 2 is 2.00 bits per heavy atom. The van der Waals surface area contributed by atoms with Gasteiger partial charge in [0.1, 0.15) is 0 Å². The lowest BCUT2D eigenvalue weighted by atomic mass is 10.2. The lowest BCUT2D eigenvalue weighted by molar-refractivity contribution is 0.593. The molecule has 0 fully saturated rings. The predicted molar refractivity (Wildman–Crippen MR) is 77.2 cm³/mol. The maximum absolute atomic E-state index is 11.3. The van der Waals surface area contributed by atoms with Crippen molar-refractivity contribution in [1.82, 2.24) is 14.8 Å². The van der Waals surface area contributed by atoms with Crippen LogP contribution in [0.4, 0.5) is 0 Å². The molecule has 2 aromatic rings. The zero-order valence-electron chi connectivity index (χ0n) is 8.93. The van der Waals surface area contributed by atoms with Crippen LogP contribution in [0.5, 0.6) is 0 Å². The van der Waals surface area contributed by atoms with Gasteiger partial charge in [0.25, 0.3) is 14.2 Å². The molecule has 1 aromatic carbocycles. The van der Waals surface area contributed by atoms with E-state index in [1.165, 1.54) is 11.6 Å². The summed E-state index contributed by atoms with van der Waals surface area (Å²) >= 11 is 8.02. The monoisotopic (exact) mass is 417 g/mol. The van der Waals surface area contributed by atoms with Crippen LogP contribution in [0.25, 0.3) is 11.4 Å². The Kier molecular flexibility index (Phi) is 3.86. The van der Waals surface area contributed by atoms with Crippen LogP contribution < -0.4 is 0 Å². The third kappa shape index (κ3) is 2.63. The molecule has 0 radical (unpaired) electrons. The number of aromatic nitrogens is 3. The first-order valence-corrected chi connectivity index (χ1v) is 8.37. The van der Waals surface area contributed by atoms with E-state index in [-0.39, 0.29) is 5.16 Å². The Hall–Kier alpha value is -0.380. The summed E-state index contributed by atoms with van der Waals surface area (Å²) in [5.41, 5.74) is 0.699. The SMILES string of the molecule is Cn1c(-c2cc(Cl)ccc2I)nnc1S(=O)(=O)Cl. The molecule has 5 nitrogen and oxygen atoms in total. The van der Waals surface area contributed by atoms with Gasteiger partial charge in [0, 0.05) is 31.9 Å². The smallest absolute Gasteiger partial charge is 0.296 e. The molecule has 0 unspecified atom stereocenters. The highest BCUT2D eigenvalue weighted by molar-refractivity contribution is 14.1. The van der Waals surface area contributed by atoms with Gasteiger partial charge in [0.15, 0.2) is 5.82 Å². The fourth-order valence-corrected chi connectivity index (χ4v) is 3.13. The molecule has 0 saturated heterocycles. The van der Waals surface area contributed by atoms with Crippen molar-refractivity contribution in [1.29, 1.82) is 0 Å². The lowest BCUT2D eigenvalue weighted by Crippen LogP contribution is -2.03. The molecule has 0 amide bonds. The molecular formula is C9H6Cl2IN3O2S. The maximum Gasteiger partial charge on any atom is 0.296 e. The van der Waals surface area contributed by atoms with E-state index >= 15 is 0 Å². The topological polar surface area (TPSA) is 64.8 Å². The van der Waals surface area contributed by atoms with E-state index in [4.69, 9.17) is 22.3 Å². The largest absolute Gasteiger partial charge is 0.300 e. The number of nitrogens with zero attached hydrogens (tertiary/aromatic N) is 3. The van der Waals surface area contributed by atoms with Crippen molar-refractivity contribution in [3.8, 4) is 11.4 Å². The van der Waals surface area contributed by atoms with Gasteiger partial charge in [-0.05, 0) is 40.8 Å². The summed E-state index contributed by atoms with van der Waals surface area (Å²) in [6, 6.07) is 5.24. The van der Waals surface area contributed by atoms with Gasteiger partial charge in [0.05, 0.1) is 0 Å². The Labute approximate surface area is 127 Å². The van der Waals surface area contributed by atoms with E-state index in [1.807, 2.05) is 6.07 Å². The number of halogens is 3. The van der Waals surface area contributed by atoms with Crippen LogP contribution in [0.3, 0.4) is 0 Å². The summed E-state index contributed by atoms with van der Waals surface area (Å²) in [4.78, 5) is 0. The van der Waals surface area contributed by atoms with Crippen LogP contribution in [-0.2, 0) is 16.1 Å². The second kappa shape index (κ2) is 4.95. The van der Waals surface area contributed by atoms with E-state index in [2.05, 4.69) is 32.8 Å². The Balaban J connectivity index is 2.67. The molecule has 0 atom stereocenters. The standard InChI is InChI=1S/C9H6Cl2IN3O2S/c1-15-8(13-14-9(15)18(11,16)17)6-4-5(10)2-3-7(6)12/h2-4H,1H3. The fraction of sp³-hybridized carbons (Fsp3) is 0.111. The van der Waals surface area contributed by atoms with Gasteiger partial charge in [-0.3, -0.25) is 4.57 Å². The number of hydrogen-bond donors (Lipinski definition) is 0. The summed E-state index contributed by atoms with van der Waals surface area (Å²) in [5.74, 6) is 0.390. The van der Waals surface area contributed by atoms with E-state index in [9.17, 15) is 8.42 Å². The van der Waals surface area contributed by atoms with Gasteiger partial charge in [-0.1, -0.05) is 11.6 Å². The van der Waals surface area contributed by atoms with Crippen molar-refractivity contribution in [3.63, 3.8) is 0 Å². The van der Waals surface area contributed by atoms with Gasteiger partial charge < -0.3 is 0 Å². The van der Waals surface area contributed by atoms with E-state index in [1.54, 1.807) is 12.1 Å². The summed E-state index contributed by atoms with van der Waals surface area (Å²) in [6.45, 7) is 0. The van der Waals surface area contributed by atoms with Gasteiger partial charge in [-0.15, -0.1) is 10.2 Å². The first kappa shape index (κ1) is 14.0. The molecule has 0 spiro atoms. The lowest BCUT2D eigenvalue weighted by Gasteiger charge is -2.05. The molecule has 0 N–H and O–H groups in total. The number of benzene rings is 1. The van der Waals surface area contributed by atoms with Crippen molar-refractivity contribution in [3.05, 3.63) is 26.8 Å². The molecule has 0 aliphatic rings. The average molecular weight is 418 g/mol. The van der Waals surface area contributed by atoms with Crippen LogP contribution in [0.1, 0.15) is 0 Å². The van der Waals surface area contributed by atoms with Crippen molar-refractivity contribution >= 4 is 53.9 Å². The van der Waals surface area contributed by atoms with E-state index in [0.29, 0.717) is 16.4 Å². The molecular weight excluding hydrogens is 412 g/mol. The maximum atomic E-state index is 11.3. The van der Waals surface area contributed by atoms with Crippen molar-refractivity contribution in [2.24, 2.45) is 7.05 Å². The second-order valence-electron chi connectivity index (χ2n) is 3.43. The van der Waals surface area contributed by atoms with Crippen molar-refractivity contribution in [2.75, 3.05) is 0 Å². The molecule has 18 heavy (non-hydrogen) atoms. The average Bonchev–Trinajstić information content (AvgIpc) is 2.63. The number of rotatable bonds is 2. The minimum atomic E-state index is -3.92. The highest BCUT2D eigenvalue weighted by atomic mass is 127. The van der Waals surface area contributed by atoms with Crippen LogP contribution in [0.2, 0.25) is 5.02 Å². The molecule has 0 aliphatic heterocycles. The van der Waals surface area contributed by atoms with Crippen molar-refractivity contribution in [2.45, 2.75) is 5.16 Å².